The van der Waals surface area contributed by atoms with Gasteiger partial charge < -0.3 is 5.32 Å². The van der Waals surface area contributed by atoms with Crippen molar-refractivity contribution in [1.82, 2.24) is 14.8 Å². The monoisotopic (exact) mass is 445 g/mol. The molecule has 0 saturated heterocycles. The lowest BCUT2D eigenvalue weighted by molar-refractivity contribution is -0.116. The van der Waals surface area contributed by atoms with Crippen molar-refractivity contribution >= 4 is 39.5 Å². The summed E-state index contributed by atoms with van der Waals surface area (Å²) in [5.41, 5.74) is 2.93. The van der Waals surface area contributed by atoms with E-state index in [0.717, 1.165) is 11.1 Å². The zero-order valence-corrected chi connectivity index (χ0v) is 18.3. The minimum Gasteiger partial charge on any atom is -0.325 e. The molecule has 0 unspecified atom stereocenters. The predicted molar refractivity (Wildman–Crippen MR) is 120 cm³/mol. The number of hydrogen-bond donors (Lipinski definition) is 3. The first-order valence-electron chi connectivity index (χ1n) is 9.40. The Labute approximate surface area is 180 Å². The van der Waals surface area contributed by atoms with Crippen molar-refractivity contribution in [3.05, 3.63) is 58.9 Å². The number of sulfonamides is 1. The Kier molecular flexibility index (Phi) is 6.68. The lowest BCUT2D eigenvalue weighted by Gasteiger charge is -2.10. The number of carbonyl (C=O) groups excluding carboxylic acids is 1. The summed E-state index contributed by atoms with van der Waals surface area (Å²) in [6, 6.07) is 14.3. The summed E-state index contributed by atoms with van der Waals surface area (Å²) in [6.07, 6.45) is 0.532. The van der Waals surface area contributed by atoms with E-state index >= 15 is 0 Å². The maximum Gasteiger partial charge on any atom is 0.244 e. The molecule has 0 spiro atoms. The topological polar surface area (TPSA) is 109 Å². The lowest BCUT2D eigenvalue weighted by Crippen LogP contribution is -2.19. The number of nitrogens with one attached hydrogen (secondary N) is 3. The third-order valence-electron chi connectivity index (χ3n) is 4.25. The highest BCUT2D eigenvalue weighted by Gasteiger charge is 2.13. The summed E-state index contributed by atoms with van der Waals surface area (Å²) in [6.45, 7) is 3.77. The Morgan fingerprint density at radius 2 is 1.87 bits per heavy atom. The summed E-state index contributed by atoms with van der Waals surface area (Å²) >= 11 is 5.28. The Balaban J connectivity index is 1.70. The second-order valence-corrected chi connectivity index (χ2v) is 9.08. The molecule has 0 aliphatic rings. The molecule has 0 bridgehead atoms. The van der Waals surface area contributed by atoms with E-state index in [1.54, 1.807) is 35.8 Å². The number of amides is 1. The van der Waals surface area contributed by atoms with Gasteiger partial charge in [-0.05, 0) is 55.9 Å². The first kappa shape index (κ1) is 21.7. The van der Waals surface area contributed by atoms with Crippen LogP contribution in [0.2, 0.25) is 0 Å². The third kappa shape index (κ3) is 5.55. The minimum atomic E-state index is -3.36. The molecular weight excluding hydrogens is 422 g/mol. The number of nitrogens with zero attached hydrogens (tertiary/aromatic N) is 2. The van der Waals surface area contributed by atoms with E-state index < -0.39 is 10.0 Å². The molecule has 0 aliphatic heterocycles. The SMILES string of the molecule is CCCS(=O)(=O)Nc1ccc(NC(=O)Cn2c(-c3cccc(C)c3)n[nH]c2=S)cc1. The predicted octanol–water partition coefficient (Wildman–Crippen LogP) is 3.71. The van der Waals surface area contributed by atoms with E-state index in [-0.39, 0.29) is 18.2 Å². The Bertz CT molecular complexity index is 1200. The molecule has 3 rings (SSSR count). The van der Waals surface area contributed by atoms with Gasteiger partial charge in [0.15, 0.2) is 10.6 Å². The molecule has 158 valence electrons. The number of anilines is 2. The van der Waals surface area contributed by atoms with E-state index in [2.05, 4.69) is 20.2 Å². The van der Waals surface area contributed by atoms with Crippen LogP contribution in [0.4, 0.5) is 11.4 Å². The molecule has 3 N–H and O–H groups in total. The molecule has 0 fully saturated rings. The summed E-state index contributed by atoms with van der Waals surface area (Å²) in [4.78, 5) is 12.6. The number of hydrogen-bond acceptors (Lipinski definition) is 5. The largest absolute Gasteiger partial charge is 0.325 e. The van der Waals surface area contributed by atoms with Gasteiger partial charge in [-0.15, -0.1) is 0 Å². The van der Waals surface area contributed by atoms with Gasteiger partial charge in [0, 0.05) is 16.9 Å². The van der Waals surface area contributed by atoms with Gasteiger partial charge >= 0.3 is 0 Å². The van der Waals surface area contributed by atoms with E-state index in [1.165, 1.54) is 0 Å². The normalized spacial score (nSPS) is 11.3. The van der Waals surface area contributed by atoms with Crippen LogP contribution < -0.4 is 10.0 Å². The van der Waals surface area contributed by atoms with Crippen LogP contribution >= 0.6 is 12.2 Å². The standard InChI is InChI=1S/C20H23N5O3S2/c1-3-11-30(27,28)24-17-9-7-16(8-10-17)21-18(26)13-25-19(22-23-20(25)29)15-6-4-5-14(2)12-15/h4-10,12,24H,3,11,13H2,1-2H3,(H,21,26)(H,23,29). The Morgan fingerprint density at radius 3 is 2.53 bits per heavy atom. The van der Waals surface area contributed by atoms with Crippen molar-refractivity contribution in [3.63, 3.8) is 0 Å². The second kappa shape index (κ2) is 9.23. The van der Waals surface area contributed by atoms with E-state index in [4.69, 9.17) is 12.2 Å². The molecule has 0 radical (unpaired) electrons. The molecule has 2 aromatic carbocycles. The van der Waals surface area contributed by atoms with Gasteiger partial charge in [-0.2, -0.15) is 5.10 Å². The van der Waals surface area contributed by atoms with Gasteiger partial charge in [0.25, 0.3) is 0 Å². The van der Waals surface area contributed by atoms with Crippen LogP contribution in [0.3, 0.4) is 0 Å². The van der Waals surface area contributed by atoms with Gasteiger partial charge in [0.05, 0.1) is 5.75 Å². The molecule has 1 amide bonds. The van der Waals surface area contributed by atoms with Crippen LogP contribution in [0.5, 0.6) is 0 Å². The van der Waals surface area contributed by atoms with Crippen LogP contribution in [0, 0.1) is 11.7 Å². The molecule has 3 aromatic rings. The second-order valence-electron chi connectivity index (χ2n) is 6.85. The summed E-state index contributed by atoms with van der Waals surface area (Å²) in [5.74, 6) is 0.361. The number of carbonyl (C=O) groups is 1. The van der Waals surface area contributed by atoms with Crippen LogP contribution in [0.1, 0.15) is 18.9 Å². The molecule has 1 aromatic heterocycles. The maximum atomic E-state index is 12.6. The number of aromatic nitrogens is 3. The van der Waals surface area contributed by atoms with E-state index in [1.807, 2.05) is 31.2 Å². The number of H-pyrrole nitrogens is 1. The van der Waals surface area contributed by atoms with Gasteiger partial charge in [0.1, 0.15) is 6.54 Å². The van der Waals surface area contributed by atoms with Crippen LogP contribution in [-0.2, 0) is 21.4 Å². The van der Waals surface area contributed by atoms with E-state index in [0.29, 0.717) is 28.4 Å². The molecule has 30 heavy (non-hydrogen) atoms. The molecule has 0 saturated carbocycles. The molecule has 8 nitrogen and oxygen atoms in total. The van der Waals surface area contributed by atoms with Crippen molar-refractivity contribution in [1.29, 1.82) is 0 Å². The Hall–Kier alpha value is -2.98. The van der Waals surface area contributed by atoms with Gasteiger partial charge in [-0.3, -0.25) is 19.2 Å². The fourth-order valence-electron chi connectivity index (χ4n) is 2.93. The van der Waals surface area contributed by atoms with Crippen molar-refractivity contribution < 1.29 is 13.2 Å². The molecular formula is C20H23N5O3S2. The fourth-order valence-corrected chi connectivity index (χ4v) is 4.27. The fraction of sp³-hybridized carbons (Fsp3) is 0.250. The van der Waals surface area contributed by atoms with Crippen LogP contribution in [0.15, 0.2) is 48.5 Å². The highest BCUT2D eigenvalue weighted by Crippen LogP contribution is 2.19. The summed E-state index contributed by atoms with van der Waals surface area (Å²) in [7, 11) is -3.36. The molecule has 0 aliphatic carbocycles. The average Bonchev–Trinajstić information content (AvgIpc) is 3.03. The zero-order chi connectivity index (χ0) is 21.7. The molecule has 1 heterocycles. The smallest absolute Gasteiger partial charge is 0.244 e. The Morgan fingerprint density at radius 1 is 1.17 bits per heavy atom. The molecule has 0 atom stereocenters. The lowest BCUT2D eigenvalue weighted by atomic mass is 10.1. The third-order valence-corrected chi connectivity index (χ3v) is 6.06. The van der Waals surface area contributed by atoms with Gasteiger partial charge in [-0.25, -0.2) is 8.42 Å². The number of rotatable bonds is 8. The van der Waals surface area contributed by atoms with Crippen molar-refractivity contribution in [3.8, 4) is 11.4 Å². The summed E-state index contributed by atoms with van der Waals surface area (Å²) in [5, 5.41) is 9.77. The maximum absolute atomic E-state index is 12.6. The van der Waals surface area contributed by atoms with Crippen molar-refractivity contribution in [2.75, 3.05) is 15.8 Å². The van der Waals surface area contributed by atoms with E-state index in [9.17, 15) is 13.2 Å². The first-order valence-corrected chi connectivity index (χ1v) is 11.5. The van der Waals surface area contributed by atoms with Gasteiger partial charge in [-0.1, -0.05) is 30.7 Å². The van der Waals surface area contributed by atoms with Gasteiger partial charge in [0.2, 0.25) is 15.9 Å². The molecule has 10 heteroatoms. The number of benzene rings is 2. The first-order chi connectivity index (χ1) is 14.3. The quantitative estimate of drug-likeness (QED) is 0.458. The number of aryl methyl sites for hydroxylation is 1. The van der Waals surface area contributed by atoms with Crippen LogP contribution in [0.25, 0.3) is 11.4 Å². The average molecular weight is 446 g/mol. The highest BCUT2D eigenvalue weighted by molar-refractivity contribution is 7.92. The van der Waals surface area contributed by atoms with Crippen molar-refractivity contribution in [2.24, 2.45) is 0 Å². The summed E-state index contributed by atoms with van der Waals surface area (Å²) < 4.78 is 28.2. The highest BCUT2D eigenvalue weighted by atomic mass is 32.2. The zero-order valence-electron chi connectivity index (χ0n) is 16.7. The van der Waals surface area contributed by atoms with Crippen LogP contribution in [-0.4, -0.2) is 34.8 Å². The van der Waals surface area contributed by atoms with Crippen molar-refractivity contribution in [2.45, 2.75) is 26.8 Å². The number of aromatic amines is 1. The minimum absolute atomic E-state index is 0.0104.